The molecule has 0 saturated heterocycles. The number of rotatable bonds is 8. The van der Waals surface area contributed by atoms with Gasteiger partial charge >= 0.3 is 0 Å². The Labute approximate surface area is 196 Å². The highest BCUT2D eigenvalue weighted by Crippen LogP contribution is 2.30. The summed E-state index contributed by atoms with van der Waals surface area (Å²) in [5, 5.41) is 2.93. The predicted octanol–water partition coefficient (Wildman–Crippen LogP) is 3.26. The van der Waals surface area contributed by atoms with Crippen molar-refractivity contribution in [2.45, 2.75) is 28.8 Å². The molecule has 0 unspecified atom stereocenters. The normalized spacial score (nSPS) is 11.2. The number of methoxy groups -OCH3 is 2. The average Bonchev–Trinajstić information content (AvgIpc) is 2.79. The highest BCUT2D eigenvalue weighted by molar-refractivity contribution is 7.99. The van der Waals surface area contributed by atoms with Gasteiger partial charge < -0.3 is 20.5 Å². The lowest BCUT2D eigenvalue weighted by Gasteiger charge is -2.12. The maximum atomic E-state index is 13.0. The SMILES string of the molecule is COc1ccc(NC(=O)CSc2ncc(S(=O)(=O)c3ccc(C)c(C)c3)c(N)n2)c(OC)c1. The summed E-state index contributed by atoms with van der Waals surface area (Å²) in [4.78, 5) is 20.5. The van der Waals surface area contributed by atoms with Gasteiger partial charge in [-0.1, -0.05) is 17.8 Å². The van der Waals surface area contributed by atoms with Crippen LogP contribution in [0.15, 0.2) is 57.5 Å². The molecule has 0 bridgehead atoms. The van der Waals surface area contributed by atoms with Crippen LogP contribution in [0.2, 0.25) is 0 Å². The van der Waals surface area contributed by atoms with Crippen molar-refractivity contribution in [1.82, 2.24) is 9.97 Å². The van der Waals surface area contributed by atoms with Gasteiger partial charge in [0, 0.05) is 6.07 Å². The average molecular weight is 489 g/mol. The molecule has 0 aliphatic heterocycles. The molecule has 1 amide bonds. The van der Waals surface area contributed by atoms with Gasteiger partial charge in [-0.3, -0.25) is 4.79 Å². The molecular formula is C22H24N4O5S2. The minimum atomic E-state index is -3.87. The Hall–Kier alpha value is -3.31. The second-order valence-corrected chi connectivity index (χ2v) is 9.92. The molecule has 0 radical (unpaired) electrons. The van der Waals surface area contributed by atoms with Crippen LogP contribution in [-0.2, 0) is 14.6 Å². The van der Waals surface area contributed by atoms with E-state index in [4.69, 9.17) is 15.2 Å². The monoisotopic (exact) mass is 488 g/mol. The molecule has 0 saturated carbocycles. The first-order valence-electron chi connectivity index (χ1n) is 9.75. The molecule has 174 valence electrons. The fourth-order valence-corrected chi connectivity index (χ4v) is 4.84. The van der Waals surface area contributed by atoms with Crippen LogP contribution >= 0.6 is 11.8 Å². The van der Waals surface area contributed by atoms with Crippen LogP contribution < -0.4 is 20.5 Å². The topological polar surface area (TPSA) is 133 Å². The van der Waals surface area contributed by atoms with E-state index in [0.717, 1.165) is 22.9 Å². The number of anilines is 2. The van der Waals surface area contributed by atoms with Gasteiger partial charge in [0.25, 0.3) is 0 Å². The number of benzene rings is 2. The number of thioether (sulfide) groups is 1. The quantitative estimate of drug-likeness (QED) is 0.362. The van der Waals surface area contributed by atoms with Gasteiger partial charge in [-0.05, 0) is 49.2 Å². The van der Waals surface area contributed by atoms with Crippen LogP contribution in [0.4, 0.5) is 11.5 Å². The lowest BCUT2D eigenvalue weighted by atomic mass is 10.1. The summed E-state index contributed by atoms with van der Waals surface area (Å²) >= 11 is 1.03. The van der Waals surface area contributed by atoms with Crippen molar-refractivity contribution >= 4 is 39.0 Å². The van der Waals surface area contributed by atoms with Gasteiger partial charge in [0.2, 0.25) is 15.7 Å². The van der Waals surface area contributed by atoms with E-state index >= 15 is 0 Å². The number of nitrogens with zero attached hydrogens (tertiary/aromatic N) is 2. The predicted molar refractivity (Wildman–Crippen MR) is 127 cm³/mol. The first kappa shape index (κ1) is 24.3. The van der Waals surface area contributed by atoms with Crippen molar-refractivity contribution in [1.29, 1.82) is 0 Å². The van der Waals surface area contributed by atoms with Crippen LogP contribution in [0.5, 0.6) is 11.5 Å². The molecule has 0 atom stereocenters. The van der Waals surface area contributed by atoms with E-state index in [-0.39, 0.29) is 32.4 Å². The summed E-state index contributed by atoms with van der Waals surface area (Å²) in [5.74, 6) is 0.534. The first-order valence-corrected chi connectivity index (χ1v) is 12.2. The Morgan fingerprint density at radius 2 is 1.85 bits per heavy atom. The number of amides is 1. The zero-order chi connectivity index (χ0) is 24.2. The third-order valence-corrected chi connectivity index (χ3v) is 7.48. The van der Waals surface area contributed by atoms with Crippen LogP contribution in [0.1, 0.15) is 11.1 Å². The molecule has 0 spiro atoms. The molecule has 33 heavy (non-hydrogen) atoms. The van der Waals surface area contributed by atoms with Gasteiger partial charge in [0.15, 0.2) is 5.16 Å². The summed E-state index contributed by atoms with van der Waals surface area (Å²) in [6, 6.07) is 9.87. The van der Waals surface area contributed by atoms with E-state index in [1.54, 1.807) is 30.3 Å². The highest BCUT2D eigenvalue weighted by atomic mass is 32.2. The van der Waals surface area contributed by atoms with Crippen LogP contribution in [0.25, 0.3) is 0 Å². The number of nitrogens with two attached hydrogens (primary N) is 1. The maximum Gasteiger partial charge on any atom is 0.234 e. The molecule has 11 heteroatoms. The van der Waals surface area contributed by atoms with Crippen LogP contribution in [0.3, 0.4) is 0 Å². The van der Waals surface area contributed by atoms with Gasteiger partial charge in [-0.15, -0.1) is 0 Å². The van der Waals surface area contributed by atoms with Gasteiger partial charge in [0.1, 0.15) is 22.2 Å². The largest absolute Gasteiger partial charge is 0.497 e. The number of carbonyl (C=O) groups excluding carboxylic acids is 1. The van der Waals surface area contributed by atoms with E-state index < -0.39 is 9.84 Å². The Balaban J connectivity index is 1.70. The minimum absolute atomic E-state index is 0.0160. The smallest absolute Gasteiger partial charge is 0.234 e. The third-order valence-electron chi connectivity index (χ3n) is 4.85. The van der Waals surface area contributed by atoms with Gasteiger partial charge in [-0.2, -0.15) is 0 Å². The lowest BCUT2D eigenvalue weighted by molar-refractivity contribution is -0.113. The van der Waals surface area contributed by atoms with Crippen LogP contribution in [-0.4, -0.2) is 44.3 Å². The van der Waals surface area contributed by atoms with E-state index in [1.165, 1.54) is 26.5 Å². The number of aromatic nitrogens is 2. The van der Waals surface area contributed by atoms with Crippen molar-refractivity contribution in [3.8, 4) is 11.5 Å². The van der Waals surface area contributed by atoms with Crippen molar-refractivity contribution in [2.24, 2.45) is 0 Å². The molecular weight excluding hydrogens is 464 g/mol. The molecule has 0 fully saturated rings. The minimum Gasteiger partial charge on any atom is -0.497 e. The van der Waals surface area contributed by atoms with Crippen molar-refractivity contribution < 1.29 is 22.7 Å². The van der Waals surface area contributed by atoms with E-state index in [2.05, 4.69) is 15.3 Å². The summed E-state index contributed by atoms with van der Waals surface area (Å²) in [5.41, 5.74) is 8.25. The molecule has 0 aliphatic rings. The van der Waals surface area contributed by atoms with Gasteiger partial charge in [0.05, 0.1) is 36.8 Å². The molecule has 2 aromatic carbocycles. The molecule has 3 N–H and O–H groups in total. The molecule has 3 aromatic rings. The number of nitrogen functional groups attached to an aromatic ring is 1. The van der Waals surface area contributed by atoms with Crippen molar-refractivity contribution in [3.63, 3.8) is 0 Å². The second kappa shape index (κ2) is 10.1. The lowest BCUT2D eigenvalue weighted by Crippen LogP contribution is -2.15. The highest BCUT2D eigenvalue weighted by Gasteiger charge is 2.23. The molecule has 3 rings (SSSR count). The van der Waals surface area contributed by atoms with Crippen molar-refractivity contribution in [2.75, 3.05) is 31.0 Å². The number of carbonyl (C=O) groups is 1. The number of ether oxygens (including phenoxy) is 2. The number of hydrogen-bond donors (Lipinski definition) is 2. The Morgan fingerprint density at radius 1 is 1.09 bits per heavy atom. The zero-order valence-corrected chi connectivity index (χ0v) is 20.2. The Morgan fingerprint density at radius 3 is 2.48 bits per heavy atom. The Kier molecular flexibility index (Phi) is 7.44. The first-order chi connectivity index (χ1) is 15.6. The number of hydrogen-bond acceptors (Lipinski definition) is 9. The fraction of sp³-hybridized carbons (Fsp3) is 0.227. The number of nitrogens with one attached hydrogen (secondary N) is 1. The second-order valence-electron chi connectivity index (χ2n) is 7.05. The van der Waals surface area contributed by atoms with E-state index in [9.17, 15) is 13.2 Å². The number of sulfone groups is 1. The van der Waals surface area contributed by atoms with E-state index in [1.807, 2.05) is 13.8 Å². The van der Waals surface area contributed by atoms with E-state index in [0.29, 0.717) is 17.2 Å². The molecule has 1 aromatic heterocycles. The Bertz CT molecular complexity index is 1300. The summed E-state index contributed by atoms with van der Waals surface area (Å²) in [7, 11) is -0.849. The summed E-state index contributed by atoms with van der Waals surface area (Å²) < 4.78 is 36.3. The maximum absolute atomic E-state index is 13.0. The summed E-state index contributed by atoms with van der Waals surface area (Å²) in [6.45, 7) is 3.73. The summed E-state index contributed by atoms with van der Waals surface area (Å²) in [6.07, 6.45) is 1.17. The fourth-order valence-electron chi connectivity index (χ4n) is 2.87. The molecule has 1 heterocycles. The zero-order valence-electron chi connectivity index (χ0n) is 18.6. The number of aryl methyl sites for hydroxylation is 2. The van der Waals surface area contributed by atoms with Crippen LogP contribution in [0, 0.1) is 13.8 Å². The standard InChI is InChI=1S/C22H24N4O5S2/c1-13-5-7-16(9-14(13)2)33(28,29)19-11-24-22(26-21(19)23)32-12-20(27)25-17-8-6-15(30-3)10-18(17)31-4/h5-11H,12H2,1-4H3,(H,25,27)(H2,23,24,26). The van der Waals surface area contributed by atoms with Gasteiger partial charge in [-0.25, -0.2) is 18.4 Å². The van der Waals surface area contributed by atoms with Crippen molar-refractivity contribution in [3.05, 3.63) is 53.7 Å². The molecule has 9 nitrogen and oxygen atoms in total. The third kappa shape index (κ3) is 5.55. The molecule has 0 aliphatic carbocycles.